The van der Waals surface area contributed by atoms with Gasteiger partial charge in [-0.3, -0.25) is 9.69 Å². The Morgan fingerprint density at radius 1 is 1.03 bits per heavy atom. The first-order chi connectivity index (χ1) is 18.6. The molecule has 1 aliphatic heterocycles. The number of benzene rings is 2. The van der Waals surface area contributed by atoms with Crippen LogP contribution in [0, 0.1) is 6.92 Å². The summed E-state index contributed by atoms with van der Waals surface area (Å²) in [6.07, 6.45) is -3.52. The smallest absolute Gasteiger partial charge is 0.433 e. The maximum absolute atomic E-state index is 14.2. The molecule has 39 heavy (non-hydrogen) atoms. The first-order valence-corrected chi connectivity index (χ1v) is 12.6. The van der Waals surface area contributed by atoms with Crippen molar-refractivity contribution < 1.29 is 22.7 Å². The van der Waals surface area contributed by atoms with Gasteiger partial charge in [-0.05, 0) is 55.8 Å². The van der Waals surface area contributed by atoms with Gasteiger partial charge in [-0.1, -0.05) is 12.1 Å². The SMILES string of the molecule is COc1ccc(-c2nc3c(C(=O)N4CCN([C@@H](C)c5ccc(N)cc5)CC4)cnn3c(C(F)(F)F)c2C)cc1. The van der Waals surface area contributed by atoms with E-state index in [1.54, 1.807) is 29.2 Å². The maximum atomic E-state index is 14.2. The van der Waals surface area contributed by atoms with Crippen LogP contribution in [0.15, 0.2) is 54.7 Å². The van der Waals surface area contributed by atoms with Crippen molar-refractivity contribution in [1.82, 2.24) is 24.4 Å². The molecule has 0 spiro atoms. The summed E-state index contributed by atoms with van der Waals surface area (Å²) in [7, 11) is 1.51. The van der Waals surface area contributed by atoms with Gasteiger partial charge in [0.2, 0.25) is 0 Å². The number of aromatic nitrogens is 3. The largest absolute Gasteiger partial charge is 0.497 e. The van der Waals surface area contributed by atoms with Crippen LogP contribution in [0.25, 0.3) is 16.9 Å². The zero-order valence-corrected chi connectivity index (χ0v) is 21.9. The molecule has 1 fully saturated rings. The molecule has 1 atom stereocenters. The van der Waals surface area contributed by atoms with Gasteiger partial charge in [-0.15, -0.1) is 0 Å². The fraction of sp³-hybridized carbons (Fsp3) is 0.321. The number of nitrogens with two attached hydrogens (primary N) is 1. The standard InChI is InChI=1S/C28H29F3N6O2/c1-17-24(20-6-10-22(39-3)11-7-20)34-26-23(16-33-37(26)25(17)28(29,30)31)27(38)36-14-12-35(13-15-36)18(2)19-4-8-21(32)9-5-19/h4-11,16,18H,12-15,32H2,1-3H3/t18-/m0/s1. The molecule has 2 aromatic carbocycles. The van der Waals surface area contributed by atoms with Crippen LogP contribution < -0.4 is 10.5 Å². The van der Waals surface area contributed by atoms with E-state index in [-0.39, 0.29) is 28.5 Å². The molecule has 0 aliphatic carbocycles. The monoisotopic (exact) mass is 538 g/mol. The van der Waals surface area contributed by atoms with Gasteiger partial charge in [0.25, 0.3) is 5.91 Å². The minimum absolute atomic E-state index is 0.0373. The molecule has 4 aromatic rings. The molecule has 204 valence electrons. The lowest BCUT2D eigenvalue weighted by Gasteiger charge is -2.38. The number of hydrogen-bond acceptors (Lipinski definition) is 6. The Bertz CT molecular complexity index is 1490. The molecule has 1 aliphatic rings. The molecule has 11 heteroatoms. The van der Waals surface area contributed by atoms with E-state index in [1.165, 1.54) is 20.2 Å². The summed E-state index contributed by atoms with van der Waals surface area (Å²) < 4.78 is 48.6. The van der Waals surface area contributed by atoms with E-state index in [0.29, 0.717) is 43.2 Å². The number of nitrogen functional groups attached to an aromatic ring is 1. The molecule has 0 unspecified atom stereocenters. The van der Waals surface area contributed by atoms with Crippen molar-refractivity contribution in [2.75, 3.05) is 39.0 Å². The quantitative estimate of drug-likeness (QED) is 0.366. The summed E-state index contributed by atoms with van der Waals surface area (Å²) in [5.74, 6) is 0.175. The van der Waals surface area contributed by atoms with E-state index in [0.717, 1.165) is 10.1 Å². The van der Waals surface area contributed by atoms with Crippen molar-refractivity contribution in [2.24, 2.45) is 0 Å². The van der Waals surface area contributed by atoms with Gasteiger partial charge in [0, 0.05) is 49.0 Å². The second-order valence-electron chi connectivity index (χ2n) is 9.62. The van der Waals surface area contributed by atoms with Gasteiger partial charge >= 0.3 is 6.18 Å². The highest BCUT2D eigenvalue weighted by Crippen LogP contribution is 2.37. The van der Waals surface area contributed by atoms with Crippen LogP contribution in [0.3, 0.4) is 0 Å². The first-order valence-electron chi connectivity index (χ1n) is 12.6. The van der Waals surface area contributed by atoms with Gasteiger partial charge in [0.15, 0.2) is 11.3 Å². The number of fused-ring (bicyclic) bond motifs is 1. The molecule has 0 bridgehead atoms. The fourth-order valence-electron chi connectivity index (χ4n) is 5.06. The van der Waals surface area contributed by atoms with Crippen LogP contribution in [0.1, 0.15) is 40.1 Å². The Morgan fingerprint density at radius 2 is 1.67 bits per heavy atom. The van der Waals surface area contributed by atoms with Crippen molar-refractivity contribution in [3.8, 4) is 17.0 Å². The van der Waals surface area contributed by atoms with Gasteiger partial charge in [-0.25, -0.2) is 9.50 Å². The summed E-state index contributed by atoms with van der Waals surface area (Å²) in [6.45, 7) is 5.55. The first kappa shape index (κ1) is 26.5. The minimum Gasteiger partial charge on any atom is -0.497 e. The Morgan fingerprint density at radius 3 is 2.26 bits per heavy atom. The van der Waals surface area contributed by atoms with E-state index in [9.17, 15) is 18.0 Å². The van der Waals surface area contributed by atoms with Crippen LogP contribution in [0.4, 0.5) is 18.9 Å². The van der Waals surface area contributed by atoms with Crippen molar-refractivity contribution in [2.45, 2.75) is 26.1 Å². The van der Waals surface area contributed by atoms with Crippen molar-refractivity contribution in [3.63, 3.8) is 0 Å². The Balaban J connectivity index is 1.45. The maximum Gasteiger partial charge on any atom is 0.433 e. The molecule has 2 aromatic heterocycles. The highest BCUT2D eigenvalue weighted by Gasteiger charge is 2.39. The van der Waals surface area contributed by atoms with Crippen LogP contribution in [-0.4, -0.2) is 63.6 Å². The van der Waals surface area contributed by atoms with E-state index < -0.39 is 17.8 Å². The van der Waals surface area contributed by atoms with Gasteiger partial charge in [0.05, 0.1) is 19.0 Å². The summed E-state index contributed by atoms with van der Waals surface area (Å²) in [5.41, 5.74) is 7.11. The molecule has 0 radical (unpaired) electrons. The lowest BCUT2D eigenvalue weighted by atomic mass is 10.0. The third-order valence-electron chi connectivity index (χ3n) is 7.31. The van der Waals surface area contributed by atoms with E-state index >= 15 is 0 Å². The van der Waals surface area contributed by atoms with Crippen molar-refractivity contribution >= 4 is 17.2 Å². The average molecular weight is 539 g/mol. The molecule has 1 saturated heterocycles. The normalized spacial score (nSPS) is 15.5. The van der Waals surface area contributed by atoms with Crippen molar-refractivity contribution in [3.05, 3.63) is 77.1 Å². The number of ether oxygens (including phenoxy) is 1. The molecule has 1 amide bonds. The van der Waals surface area contributed by atoms with Crippen LogP contribution in [0.2, 0.25) is 0 Å². The van der Waals surface area contributed by atoms with Gasteiger partial charge < -0.3 is 15.4 Å². The molecule has 2 N–H and O–H groups in total. The number of alkyl halides is 3. The van der Waals surface area contributed by atoms with Crippen LogP contribution in [-0.2, 0) is 6.18 Å². The predicted molar refractivity (Wildman–Crippen MR) is 141 cm³/mol. The Labute approximate surface area is 223 Å². The molecule has 8 nitrogen and oxygen atoms in total. The number of carbonyl (C=O) groups is 1. The summed E-state index contributed by atoms with van der Waals surface area (Å²) >= 11 is 0. The van der Waals surface area contributed by atoms with Crippen LogP contribution >= 0.6 is 0 Å². The zero-order valence-electron chi connectivity index (χ0n) is 21.9. The number of hydrogen-bond donors (Lipinski definition) is 1. The predicted octanol–water partition coefficient (Wildman–Crippen LogP) is 4.83. The summed E-state index contributed by atoms with van der Waals surface area (Å²) in [4.78, 5) is 22.0. The summed E-state index contributed by atoms with van der Waals surface area (Å²) in [5, 5.41) is 3.96. The molecule has 5 rings (SSSR count). The molecular formula is C28H29F3N6O2. The second-order valence-corrected chi connectivity index (χ2v) is 9.62. The average Bonchev–Trinajstić information content (AvgIpc) is 3.35. The number of anilines is 1. The van der Waals surface area contributed by atoms with E-state index in [4.69, 9.17) is 10.5 Å². The minimum atomic E-state index is -4.71. The number of nitrogens with zero attached hydrogens (tertiary/aromatic N) is 5. The van der Waals surface area contributed by atoms with Crippen LogP contribution in [0.5, 0.6) is 5.75 Å². The van der Waals surface area contributed by atoms with Gasteiger partial charge in [-0.2, -0.15) is 18.3 Å². The number of carbonyl (C=O) groups excluding carboxylic acids is 1. The number of amides is 1. The number of piperazine rings is 1. The third kappa shape index (κ3) is 5.01. The van der Waals surface area contributed by atoms with Crippen molar-refractivity contribution in [1.29, 1.82) is 0 Å². The highest BCUT2D eigenvalue weighted by atomic mass is 19.4. The van der Waals surface area contributed by atoms with E-state index in [2.05, 4.69) is 21.9 Å². The number of halogens is 3. The molecular weight excluding hydrogens is 509 g/mol. The van der Waals surface area contributed by atoms with E-state index in [1.807, 2.05) is 24.3 Å². The third-order valence-corrected chi connectivity index (χ3v) is 7.31. The lowest BCUT2D eigenvalue weighted by Crippen LogP contribution is -2.49. The number of rotatable bonds is 5. The summed E-state index contributed by atoms with van der Waals surface area (Å²) in [6, 6.07) is 14.4. The topological polar surface area (TPSA) is 89.0 Å². The lowest BCUT2D eigenvalue weighted by molar-refractivity contribution is -0.143. The van der Waals surface area contributed by atoms with Gasteiger partial charge in [0.1, 0.15) is 11.3 Å². The second kappa shape index (κ2) is 10.2. The Kier molecular flexibility index (Phi) is 6.94. The fourth-order valence-corrected chi connectivity index (χ4v) is 5.06. The highest BCUT2D eigenvalue weighted by molar-refractivity contribution is 6.00. The zero-order chi connectivity index (χ0) is 27.9. The number of methoxy groups -OCH3 is 1. The molecule has 0 saturated carbocycles. The Hall–Kier alpha value is -4.12. The molecule has 3 heterocycles.